The minimum Gasteiger partial charge on any atom is -0.159 e. The van der Waals surface area contributed by atoms with Crippen molar-refractivity contribution >= 4 is 0 Å². The van der Waals surface area contributed by atoms with E-state index in [1.54, 1.807) is 0 Å². The molecule has 2 nitrogen and oxygen atoms in total. The molecule has 0 aliphatic heterocycles. The fourth-order valence-corrected chi connectivity index (χ4v) is 3.23. The standard InChI is InChI=1S/C15H24N2/c1-14(2,3)11-9-12-10(7-8-16-17-12)13(11)15(4,5)6/h7-8,11,13H,9H2,1-6H3. The summed E-state index contributed by atoms with van der Waals surface area (Å²) in [5.74, 6) is 1.25. The van der Waals surface area contributed by atoms with Gasteiger partial charge in [-0.05, 0) is 40.7 Å². The fraction of sp³-hybridized carbons (Fsp3) is 0.733. The monoisotopic (exact) mass is 232 g/mol. The van der Waals surface area contributed by atoms with Crippen molar-refractivity contribution < 1.29 is 0 Å². The molecule has 2 unspecified atom stereocenters. The fourth-order valence-electron chi connectivity index (χ4n) is 3.23. The Kier molecular flexibility index (Phi) is 2.80. The van der Waals surface area contributed by atoms with Crippen molar-refractivity contribution in [2.24, 2.45) is 16.7 Å². The molecule has 0 radical (unpaired) electrons. The first kappa shape index (κ1) is 12.5. The van der Waals surface area contributed by atoms with Crippen molar-refractivity contribution in [3.63, 3.8) is 0 Å². The molecule has 0 amide bonds. The number of hydrogen-bond acceptors (Lipinski definition) is 2. The summed E-state index contributed by atoms with van der Waals surface area (Å²) in [6.07, 6.45) is 2.91. The van der Waals surface area contributed by atoms with Gasteiger partial charge in [-0.2, -0.15) is 10.2 Å². The molecular formula is C15H24N2. The Bertz CT molecular complexity index is 410. The largest absolute Gasteiger partial charge is 0.159 e. The van der Waals surface area contributed by atoms with Crippen LogP contribution in [0.3, 0.4) is 0 Å². The SMILES string of the molecule is CC(C)(C)C1Cc2nnccc2C1C(C)(C)C. The molecule has 0 spiro atoms. The van der Waals surface area contributed by atoms with Crippen molar-refractivity contribution in [2.75, 3.05) is 0 Å². The third-order valence-electron chi connectivity index (χ3n) is 4.03. The van der Waals surface area contributed by atoms with Crippen molar-refractivity contribution in [1.82, 2.24) is 10.2 Å². The highest BCUT2D eigenvalue weighted by Gasteiger charge is 2.45. The second-order valence-electron chi connectivity index (χ2n) is 7.45. The number of fused-ring (bicyclic) bond motifs is 1. The van der Waals surface area contributed by atoms with Crippen molar-refractivity contribution in [3.8, 4) is 0 Å². The molecule has 17 heavy (non-hydrogen) atoms. The molecule has 0 saturated heterocycles. The molecule has 2 rings (SSSR count). The van der Waals surface area contributed by atoms with Crippen LogP contribution in [0, 0.1) is 16.7 Å². The number of nitrogens with zero attached hydrogens (tertiary/aromatic N) is 2. The Labute approximate surface area is 105 Å². The quantitative estimate of drug-likeness (QED) is 0.679. The Morgan fingerprint density at radius 1 is 1.06 bits per heavy atom. The van der Waals surface area contributed by atoms with Gasteiger partial charge in [0.05, 0.1) is 5.69 Å². The maximum absolute atomic E-state index is 4.34. The van der Waals surface area contributed by atoms with Gasteiger partial charge in [-0.3, -0.25) is 0 Å². The lowest BCUT2D eigenvalue weighted by molar-refractivity contribution is 0.142. The number of aromatic nitrogens is 2. The average Bonchev–Trinajstić information content (AvgIpc) is 2.54. The topological polar surface area (TPSA) is 25.8 Å². The highest BCUT2D eigenvalue weighted by Crippen LogP contribution is 2.53. The van der Waals surface area contributed by atoms with Gasteiger partial charge in [0.25, 0.3) is 0 Å². The molecule has 0 aromatic carbocycles. The lowest BCUT2D eigenvalue weighted by Crippen LogP contribution is -2.31. The molecule has 1 aliphatic carbocycles. The van der Waals surface area contributed by atoms with Crippen LogP contribution in [0.25, 0.3) is 0 Å². The van der Waals surface area contributed by atoms with E-state index in [1.807, 2.05) is 6.20 Å². The highest BCUT2D eigenvalue weighted by molar-refractivity contribution is 5.32. The molecule has 1 aromatic heterocycles. The number of hydrogen-bond donors (Lipinski definition) is 0. The van der Waals surface area contributed by atoms with Crippen LogP contribution in [0.1, 0.15) is 58.7 Å². The van der Waals surface area contributed by atoms with Gasteiger partial charge < -0.3 is 0 Å². The predicted octanol–water partition coefficient (Wildman–Crippen LogP) is 3.82. The van der Waals surface area contributed by atoms with Crippen LogP contribution in [0.15, 0.2) is 12.3 Å². The predicted molar refractivity (Wildman–Crippen MR) is 70.9 cm³/mol. The van der Waals surface area contributed by atoms with Crippen LogP contribution in [0.4, 0.5) is 0 Å². The van der Waals surface area contributed by atoms with Crippen LogP contribution in [0.5, 0.6) is 0 Å². The normalized spacial score (nSPS) is 24.8. The third-order valence-corrected chi connectivity index (χ3v) is 4.03. The van der Waals surface area contributed by atoms with E-state index in [-0.39, 0.29) is 5.41 Å². The van der Waals surface area contributed by atoms with Gasteiger partial charge in [-0.1, -0.05) is 41.5 Å². The van der Waals surface area contributed by atoms with E-state index >= 15 is 0 Å². The maximum atomic E-state index is 4.34. The summed E-state index contributed by atoms with van der Waals surface area (Å²) in [6, 6.07) is 2.17. The second-order valence-corrected chi connectivity index (χ2v) is 7.45. The van der Waals surface area contributed by atoms with Gasteiger partial charge in [0, 0.05) is 6.20 Å². The molecule has 0 saturated carbocycles. The summed E-state index contributed by atoms with van der Waals surface area (Å²) in [7, 11) is 0. The van der Waals surface area contributed by atoms with Crippen LogP contribution in [-0.2, 0) is 6.42 Å². The lowest BCUT2D eigenvalue weighted by atomic mass is 9.65. The van der Waals surface area contributed by atoms with Gasteiger partial charge in [0.15, 0.2) is 0 Å². The van der Waals surface area contributed by atoms with Crippen molar-refractivity contribution in [3.05, 3.63) is 23.5 Å². The molecule has 0 bridgehead atoms. The maximum Gasteiger partial charge on any atom is 0.0669 e. The molecule has 2 atom stereocenters. The van der Waals surface area contributed by atoms with E-state index in [9.17, 15) is 0 Å². The smallest absolute Gasteiger partial charge is 0.0669 e. The van der Waals surface area contributed by atoms with Crippen LogP contribution in [0.2, 0.25) is 0 Å². The van der Waals surface area contributed by atoms with E-state index in [0.717, 1.165) is 6.42 Å². The van der Waals surface area contributed by atoms with Crippen LogP contribution < -0.4 is 0 Å². The first-order chi connectivity index (χ1) is 7.71. The van der Waals surface area contributed by atoms with Gasteiger partial charge in [-0.15, -0.1) is 0 Å². The molecule has 0 fully saturated rings. The second kappa shape index (κ2) is 3.79. The van der Waals surface area contributed by atoms with E-state index in [4.69, 9.17) is 0 Å². The molecule has 1 aliphatic rings. The van der Waals surface area contributed by atoms with E-state index in [1.165, 1.54) is 11.3 Å². The third kappa shape index (κ3) is 2.22. The van der Waals surface area contributed by atoms with E-state index in [2.05, 4.69) is 57.8 Å². The Hall–Kier alpha value is -0.920. The first-order valence-electron chi connectivity index (χ1n) is 6.51. The first-order valence-corrected chi connectivity index (χ1v) is 6.51. The zero-order valence-electron chi connectivity index (χ0n) is 11.9. The molecule has 0 N–H and O–H groups in total. The summed E-state index contributed by atoms with van der Waals surface area (Å²) in [5.41, 5.74) is 3.24. The van der Waals surface area contributed by atoms with Crippen LogP contribution >= 0.6 is 0 Å². The van der Waals surface area contributed by atoms with Crippen molar-refractivity contribution in [1.29, 1.82) is 0 Å². The summed E-state index contributed by atoms with van der Waals surface area (Å²) >= 11 is 0. The van der Waals surface area contributed by atoms with Gasteiger partial charge in [0.1, 0.15) is 0 Å². The van der Waals surface area contributed by atoms with Crippen molar-refractivity contribution in [2.45, 2.75) is 53.9 Å². The van der Waals surface area contributed by atoms with Gasteiger partial charge in [-0.25, -0.2) is 0 Å². The van der Waals surface area contributed by atoms with Crippen LogP contribution in [-0.4, -0.2) is 10.2 Å². The minimum absolute atomic E-state index is 0.284. The highest BCUT2D eigenvalue weighted by atomic mass is 15.1. The van der Waals surface area contributed by atoms with Gasteiger partial charge >= 0.3 is 0 Å². The molecular weight excluding hydrogens is 208 g/mol. The summed E-state index contributed by atoms with van der Waals surface area (Å²) in [6.45, 7) is 14.0. The summed E-state index contributed by atoms with van der Waals surface area (Å²) < 4.78 is 0. The average molecular weight is 232 g/mol. The molecule has 94 valence electrons. The number of rotatable bonds is 0. The zero-order chi connectivity index (χ0) is 12.8. The summed E-state index contributed by atoms with van der Waals surface area (Å²) in [5, 5.41) is 8.38. The molecule has 2 heteroatoms. The Morgan fingerprint density at radius 3 is 2.24 bits per heavy atom. The lowest BCUT2D eigenvalue weighted by Gasteiger charge is -2.39. The summed E-state index contributed by atoms with van der Waals surface area (Å²) in [4.78, 5) is 0. The molecule has 1 aromatic rings. The zero-order valence-corrected chi connectivity index (χ0v) is 11.9. The molecule has 1 heterocycles. The Morgan fingerprint density at radius 2 is 1.71 bits per heavy atom. The van der Waals surface area contributed by atoms with Gasteiger partial charge in [0.2, 0.25) is 0 Å². The van der Waals surface area contributed by atoms with E-state index < -0.39 is 0 Å². The van der Waals surface area contributed by atoms with E-state index in [0.29, 0.717) is 17.3 Å². The minimum atomic E-state index is 0.284. The Balaban J connectivity index is 2.48.